The number of hydrogen-bond acceptors (Lipinski definition) is 4. The molecule has 1 aromatic heterocycles. The van der Waals surface area contributed by atoms with E-state index in [2.05, 4.69) is 10.4 Å². The van der Waals surface area contributed by atoms with Gasteiger partial charge in [0.05, 0.1) is 17.8 Å². The molecule has 2 heterocycles. The van der Waals surface area contributed by atoms with E-state index in [-0.39, 0.29) is 30.1 Å². The van der Waals surface area contributed by atoms with Gasteiger partial charge < -0.3 is 16.0 Å². The van der Waals surface area contributed by atoms with E-state index in [4.69, 9.17) is 5.73 Å². The van der Waals surface area contributed by atoms with E-state index in [0.29, 0.717) is 32.5 Å². The maximum Gasteiger partial charge on any atom is 0.224 e. The molecule has 0 bridgehead atoms. The summed E-state index contributed by atoms with van der Waals surface area (Å²) in [5.74, 6) is -0.0315. The third-order valence-corrected chi connectivity index (χ3v) is 4.87. The van der Waals surface area contributed by atoms with Crippen LogP contribution < -0.4 is 11.1 Å². The van der Waals surface area contributed by atoms with Gasteiger partial charge in [-0.05, 0) is 37.0 Å². The number of likely N-dealkylation sites (tertiary alicyclic amines) is 1. The standard InChI is InChI=1S/C20H27N5O2.ClH/c21-10-11-22-20(27)17-5-4-12-24(15-17)19(26)9-8-16-13-23-25(14-16)18-6-2-1-3-7-18;/h1-3,6-7,13-14,17H,4-5,8-12,15,21H2,(H,22,27);1H. The quantitative estimate of drug-likeness (QED) is 0.730. The highest BCUT2D eigenvalue weighted by Gasteiger charge is 2.27. The first kappa shape index (κ1) is 21.9. The largest absolute Gasteiger partial charge is 0.355 e. The van der Waals surface area contributed by atoms with E-state index < -0.39 is 0 Å². The number of rotatable bonds is 7. The summed E-state index contributed by atoms with van der Waals surface area (Å²) in [6, 6.07) is 9.89. The van der Waals surface area contributed by atoms with Crippen molar-refractivity contribution in [2.45, 2.75) is 25.7 Å². The number of nitrogens with zero attached hydrogens (tertiary/aromatic N) is 3. The number of nitrogens with two attached hydrogens (primary N) is 1. The molecule has 1 aromatic carbocycles. The van der Waals surface area contributed by atoms with E-state index in [1.54, 1.807) is 6.20 Å². The fourth-order valence-corrected chi connectivity index (χ4v) is 3.38. The second-order valence-corrected chi connectivity index (χ2v) is 6.89. The van der Waals surface area contributed by atoms with Gasteiger partial charge in [0.25, 0.3) is 0 Å². The van der Waals surface area contributed by atoms with E-state index in [1.165, 1.54) is 0 Å². The third kappa shape index (κ3) is 5.81. The number of nitrogens with one attached hydrogen (secondary N) is 1. The zero-order chi connectivity index (χ0) is 19.1. The van der Waals surface area contributed by atoms with E-state index in [0.717, 1.165) is 30.6 Å². The number of para-hydroxylation sites is 1. The summed E-state index contributed by atoms with van der Waals surface area (Å²) < 4.78 is 1.82. The Kier molecular flexibility index (Phi) is 8.47. The topological polar surface area (TPSA) is 93.2 Å². The van der Waals surface area contributed by atoms with Crippen LogP contribution in [0.4, 0.5) is 0 Å². The molecule has 152 valence electrons. The Hall–Kier alpha value is -2.38. The first-order valence-corrected chi connectivity index (χ1v) is 9.52. The molecule has 1 aliphatic heterocycles. The van der Waals surface area contributed by atoms with Crippen LogP contribution in [0, 0.1) is 5.92 Å². The summed E-state index contributed by atoms with van der Waals surface area (Å²) in [5, 5.41) is 7.19. The maximum absolute atomic E-state index is 12.6. The molecule has 28 heavy (non-hydrogen) atoms. The fourth-order valence-electron chi connectivity index (χ4n) is 3.38. The van der Waals surface area contributed by atoms with Gasteiger partial charge in [0, 0.05) is 38.8 Å². The number of amides is 2. The van der Waals surface area contributed by atoms with E-state index in [1.807, 2.05) is 46.1 Å². The number of piperidine rings is 1. The van der Waals surface area contributed by atoms with Gasteiger partial charge in [-0.2, -0.15) is 5.10 Å². The Morgan fingerprint density at radius 3 is 2.79 bits per heavy atom. The second kappa shape index (κ2) is 10.8. The molecule has 2 aromatic rings. The lowest BCUT2D eigenvalue weighted by molar-refractivity contribution is -0.135. The fraction of sp³-hybridized carbons (Fsp3) is 0.450. The van der Waals surface area contributed by atoms with Crippen molar-refractivity contribution >= 4 is 24.2 Å². The van der Waals surface area contributed by atoms with Gasteiger partial charge in [-0.15, -0.1) is 12.4 Å². The normalized spacial score (nSPS) is 16.3. The van der Waals surface area contributed by atoms with Crippen LogP contribution in [0.3, 0.4) is 0 Å². The molecule has 1 saturated heterocycles. The molecule has 1 aliphatic rings. The van der Waals surface area contributed by atoms with Crippen molar-refractivity contribution in [1.29, 1.82) is 0 Å². The van der Waals surface area contributed by atoms with Crippen LogP contribution in [0.25, 0.3) is 5.69 Å². The van der Waals surface area contributed by atoms with Crippen LogP contribution >= 0.6 is 12.4 Å². The highest BCUT2D eigenvalue weighted by atomic mass is 35.5. The highest BCUT2D eigenvalue weighted by Crippen LogP contribution is 2.18. The monoisotopic (exact) mass is 405 g/mol. The first-order chi connectivity index (χ1) is 13.2. The van der Waals surface area contributed by atoms with Crippen LogP contribution in [0.15, 0.2) is 42.7 Å². The maximum atomic E-state index is 12.6. The Labute approximate surface area is 171 Å². The van der Waals surface area contributed by atoms with Crippen LogP contribution in [-0.4, -0.2) is 52.7 Å². The molecule has 1 fully saturated rings. The molecule has 0 spiro atoms. The molecule has 1 unspecified atom stereocenters. The number of hydrogen-bond donors (Lipinski definition) is 2. The van der Waals surface area contributed by atoms with Crippen molar-refractivity contribution in [3.05, 3.63) is 48.3 Å². The summed E-state index contributed by atoms with van der Waals surface area (Å²) in [5.41, 5.74) is 7.46. The van der Waals surface area contributed by atoms with Gasteiger partial charge in [-0.25, -0.2) is 4.68 Å². The molecule has 0 saturated carbocycles. The van der Waals surface area contributed by atoms with Crippen LogP contribution in [0.2, 0.25) is 0 Å². The minimum atomic E-state index is -0.130. The van der Waals surface area contributed by atoms with Crippen molar-refractivity contribution in [1.82, 2.24) is 20.0 Å². The number of carbonyl (C=O) groups excluding carboxylic acids is 2. The van der Waals surface area contributed by atoms with Crippen molar-refractivity contribution in [2.75, 3.05) is 26.2 Å². The first-order valence-electron chi connectivity index (χ1n) is 9.52. The summed E-state index contributed by atoms with van der Waals surface area (Å²) >= 11 is 0. The molecule has 3 N–H and O–H groups in total. The number of carbonyl (C=O) groups is 2. The zero-order valence-electron chi connectivity index (χ0n) is 15.9. The third-order valence-electron chi connectivity index (χ3n) is 4.87. The van der Waals surface area contributed by atoms with Crippen LogP contribution in [-0.2, 0) is 16.0 Å². The number of aryl methyl sites for hydroxylation is 1. The zero-order valence-corrected chi connectivity index (χ0v) is 16.7. The van der Waals surface area contributed by atoms with Crippen molar-refractivity contribution < 1.29 is 9.59 Å². The van der Waals surface area contributed by atoms with Gasteiger partial charge in [-0.1, -0.05) is 18.2 Å². The van der Waals surface area contributed by atoms with Crippen LogP contribution in [0.1, 0.15) is 24.8 Å². The predicted molar refractivity (Wildman–Crippen MR) is 111 cm³/mol. The molecule has 0 aliphatic carbocycles. The second-order valence-electron chi connectivity index (χ2n) is 6.89. The van der Waals surface area contributed by atoms with E-state index in [9.17, 15) is 9.59 Å². The Bertz CT molecular complexity index is 765. The number of halogens is 1. The molecule has 3 rings (SSSR count). The summed E-state index contributed by atoms with van der Waals surface area (Å²) in [4.78, 5) is 26.5. The molecule has 0 radical (unpaired) electrons. The molecule has 7 nitrogen and oxygen atoms in total. The van der Waals surface area contributed by atoms with Crippen molar-refractivity contribution in [3.8, 4) is 5.69 Å². The lowest BCUT2D eigenvalue weighted by Crippen LogP contribution is -2.46. The van der Waals surface area contributed by atoms with Crippen molar-refractivity contribution in [3.63, 3.8) is 0 Å². The Morgan fingerprint density at radius 1 is 1.25 bits per heavy atom. The predicted octanol–water partition coefficient (Wildman–Crippen LogP) is 1.54. The van der Waals surface area contributed by atoms with Crippen LogP contribution in [0.5, 0.6) is 0 Å². The summed E-state index contributed by atoms with van der Waals surface area (Å²) in [7, 11) is 0. The minimum absolute atomic E-state index is 0. The molecule has 8 heteroatoms. The summed E-state index contributed by atoms with van der Waals surface area (Å²) in [6.45, 7) is 2.13. The van der Waals surface area contributed by atoms with Gasteiger partial charge in [-0.3, -0.25) is 9.59 Å². The molecular formula is C20H28ClN5O2. The number of benzene rings is 1. The van der Waals surface area contributed by atoms with Gasteiger partial charge in [0.2, 0.25) is 11.8 Å². The highest BCUT2D eigenvalue weighted by molar-refractivity contribution is 5.85. The lowest BCUT2D eigenvalue weighted by atomic mass is 9.96. The molecule has 2 amide bonds. The van der Waals surface area contributed by atoms with Gasteiger partial charge in [0.15, 0.2) is 0 Å². The smallest absolute Gasteiger partial charge is 0.224 e. The van der Waals surface area contributed by atoms with Gasteiger partial charge >= 0.3 is 0 Å². The average Bonchev–Trinajstić information content (AvgIpc) is 3.20. The Balaban J connectivity index is 0.00000280. The average molecular weight is 406 g/mol. The SMILES string of the molecule is Cl.NCCNC(=O)C1CCCN(C(=O)CCc2cnn(-c3ccccc3)c2)C1. The summed E-state index contributed by atoms with van der Waals surface area (Å²) in [6.07, 6.45) is 6.52. The van der Waals surface area contributed by atoms with Gasteiger partial charge in [0.1, 0.15) is 0 Å². The van der Waals surface area contributed by atoms with Crippen molar-refractivity contribution in [2.24, 2.45) is 11.7 Å². The van der Waals surface area contributed by atoms with E-state index >= 15 is 0 Å². The Morgan fingerprint density at radius 2 is 2.04 bits per heavy atom. The molecule has 1 atom stereocenters. The molecular weight excluding hydrogens is 378 g/mol. The lowest BCUT2D eigenvalue weighted by Gasteiger charge is -2.32. The minimum Gasteiger partial charge on any atom is -0.355 e. The number of aromatic nitrogens is 2.